The maximum atomic E-state index is 12.6. The fourth-order valence-corrected chi connectivity index (χ4v) is 2.98. The summed E-state index contributed by atoms with van der Waals surface area (Å²) in [5.41, 5.74) is 5.94. The van der Waals surface area contributed by atoms with E-state index < -0.39 is 0 Å². The number of amides is 1. The zero-order chi connectivity index (χ0) is 19.4. The Bertz CT molecular complexity index is 983. The number of nitrogens with zero attached hydrogens (tertiary/aromatic N) is 2. The highest BCUT2D eigenvalue weighted by atomic mass is 16.2. The molecule has 4 heteroatoms. The molecule has 3 rings (SSSR count). The summed E-state index contributed by atoms with van der Waals surface area (Å²) in [4.78, 5) is 12.6. The molecule has 0 radical (unpaired) electrons. The Balaban J connectivity index is 1.76. The van der Waals surface area contributed by atoms with Gasteiger partial charge in [-0.1, -0.05) is 42.5 Å². The molecule has 0 saturated carbocycles. The molecule has 2 aromatic carbocycles. The first-order chi connectivity index (χ1) is 13.0. The number of carbonyl (C=O) groups excluding carboxylic acids is 1. The third kappa shape index (κ3) is 4.34. The molecule has 0 atom stereocenters. The van der Waals surface area contributed by atoms with Gasteiger partial charge in [0, 0.05) is 17.9 Å². The Hall–Kier alpha value is -3.14. The summed E-state index contributed by atoms with van der Waals surface area (Å²) < 4.78 is 1.73. The average molecular weight is 359 g/mol. The molecule has 27 heavy (non-hydrogen) atoms. The molecule has 138 valence electrons. The molecule has 0 unspecified atom stereocenters. The third-order valence-electron chi connectivity index (χ3n) is 4.53. The van der Waals surface area contributed by atoms with Crippen molar-refractivity contribution in [2.24, 2.45) is 0 Å². The van der Waals surface area contributed by atoms with Crippen molar-refractivity contribution < 1.29 is 4.79 Å². The number of aromatic nitrogens is 2. The lowest BCUT2D eigenvalue weighted by Gasteiger charge is -2.12. The minimum atomic E-state index is -0.146. The van der Waals surface area contributed by atoms with Gasteiger partial charge in [-0.05, 0) is 68.1 Å². The van der Waals surface area contributed by atoms with Crippen LogP contribution < -0.4 is 5.32 Å². The van der Waals surface area contributed by atoms with E-state index in [1.165, 1.54) is 11.1 Å². The van der Waals surface area contributed by atoms with Crippen molar-refractivity contribution in [3.8, 4) is 0 Å². The van der Waals surface area contributed by atoms with Crippen molar-refractivity contribution in [1.29, 1.82) is 0 Å². The lowest BCUT2D eigenvalue weighted by atomic mass is 10.1. The number of rotatable bonds is 5. The predicted octanol–water partition coefficient (Wildman–Crippen LogP) is 5.50. The summed E-state index contributed by atoms with van der Waals surface area (Å²) in [5, 5.41) is 7.22. The molecular weight excluding hydrogens is 334 g/mol. The molecule has 1 N–H and O–H groups in total. The molecule has 0 bridgehead atoms. The minimum absolute atomic E-state index is 0.135. The van der Waals surface area contributed by atoms with Crippen LogP contribution in [-0.4, -0.2) is 15.7 Å². The van der Waals surface area contributed by atoms with Crippen molar-refractivity contribution in [2.75, 3.05) is 5.32 Å². The number of benzene rings is 2. The molecule has 0 aliphatic carbocycles. The number of carbonyl (C=O) groups is 1. The Morgan fingerprint density at radius 1 is 1.04 bits per heavy atom. The first-order valence-corrected chi connectivity index (χ1v) is 9.15. The normalized spacial score (nSPS) is 11.3. The second-order valence-electron chi connectivity index (χ2n) is 6.97. The van der Waals surface area contributed by atoms with Crippen LogP contribution in [0.1, 0.15) is 52.6 Å². The Kier molecular flexibility index (Phi) is 5.55. The smallest absolute Gasteiger partial charge is 0.273 e. The van der Waals surface area contributed by atoms with Crippen molar-refractivity contribution in [2.45, 2.75) is 33.7 Å². The summed E-state index contributed by atoms with van der Waals surface area (Å²) >= 11 is 0. The van der Waals surface area contributed by atoms with E-state index in [9.17, 15) is 4.79 Å². The average Bonchev–Trinajstić information content (AvgIpc) is 3.13. The monoisotopic (exact) mass is 359 g/mol. The van der Waals surface area contributed by atoms with Gasteiger partial charge in [-0.25, -0.2) is 0 Å². The van der Waals surface area contributed by atoms with Crippen molar-refractivity contribution in [3.05, 3.63) is 82.7 Å². The highest BCUT2D eigenvalue weighted by molar-refractivity contribution is 6.03. The van der Waals surface area contributed by atoms with Crippen LogP contribution in [0.15, 0.2) is 54.7 Å². The molecule has 1 heterocycles. The lowest BCUT2D eigenvalue weighted by molar-refractivity contribution is 0.101. The lowest BCUT2D eigenvalue weighted by Crippen LogP contribution is -2.19. The van der Waals surface area contributed by atoms with Crippen molar-refractivity contribution in [1.82, 2.24) is 9.78 Å². The molecule has 1 aromatic heterocycles. The molecule has 3 aromatic rings. The fraction of sp³-hybridized carbons (Fsp3) is 0.217. The van der Waals surface area contributed by atoms with E-state index in [0.717, 1.165) is 16.8 Å². The number of hydrogen-bond acceptors (Lipinski definition) is 2. The first kappa shape index (κ1) is 18.6. The van der Waals surface area contributed by atoms with Gasteiger partial charge < -0.3 is 5.32 Å². The fourth-order valence-electron chi connectivity index (χ4n) is 2.98. The third-order valence-corrected chi connectivity index (χ3v) is 4.53. The van der Waals surface area contributed by atoms with E-state index in [4.69, 9.17) is 0 Å². The van der Waals surface area contributed by atoms with Crippen LogP contribution in [0.5, 0.6) is 0 Å². The van der Waals surface area contributed by atoms with Crippen LogP contribution in [0.4, 0.5) is 5.69 Å². The Morgan fingerprint density at radius 3 is 2.52 bits per heavy atom. The molecule has 1 amide bonds. The predicted molar refractivity (Wildman–Crippen MR) is 112 cm³/mol. The van der Waals surface area contributed by atoms with Crippen LogP contribution in [0.25, 0.3) is 12.2 Å². The highest BCUT2D eigenvalue weighted by Gasteiger charge is 2.14. The van der Waals surface area contributed by atoms with Crippen LogP contribution >= 0.6 is 0 Å². The summed E-state index contributed by atoms with van der Waals surface area (Å²) in [5.74, 6) is -0.146. The van der Waals surface area contributed by atoms with Gasteiger partial charge in [-0.15, -0.1) is 0 Å². The largest absolute Gasteiger partial charge is 0.320 e. The summed E-state index contributed by atoms with van der Waals surface area (Å²) in [6.07, 6.45) is 5.86. The summed E-state index contributed by atoms with van der Waals surface area (Å²) in [6.45, 7) is 8.11. The van der Waals surface area contributed by atoms with Crippen molar-refractivity contribution in [3.63, 3.8) is 0 Å². The number of hydrogen-bond donors (Lipinski definition) is 1. The van der Waals surface area contributed by atoms with Gasteiger partial charge in [0.1, 0.15) is 5.69 Å². The number of nitrogens with one attached hydrogen (secondary N) is 1. The summed E-state index contributed by atoms with van der Waals surface area (Å²) in [7, 11) is 0. The Morgan fingerprint density at radius 2 is 1.81 bits per heavy atom. The van der Waals surface area contributed by atoms with Gasteiger partial charge in [0.15, 0.2) is 0 Å². The maximum absolute atomic E-state index is 12.6. The topological polar surface area (TPSA) is 46.9 Å². The minimum Gasteiger partial charge on any atom is -0.320 e. The second kappa shape index (κ2) is 8.04. The Labute approximate surface area is 160 Å². The zero-order valence-electron chi connectivity index (χ0n) is 16.2. The van der Waals surface area contributed by atoms with E-state index in [2.05, 4.69) is 47.7 Å². The molecule has 0 saturated heterocycles. The highest BCUT2D eigenvalue weighted by Crippen LogP contribution is 2.20. The van der Waals surface area contributed by atoms with Gasteiger partial charge in [0.05, 0.1) is 0 Å². The van der Waals surface area contributed by atoms with Gasteiger partial charge >= 0.3 is 0 Å². The van der Waals surface area contributed by atoms with Crippen LogP contribution in [0, 0.1) is 13.8 Å². The summed E-state index contributed by atoms with van der Waals surface area (Å²) in [6, 6.07) is 16.2. The van der Waals surface area contributed by atoms with Crippen molar-refractivity contribution >= 4 is 23.7 Å². The standard InChI is InChI=1S/C23H25N3O/c1-16(2)26-22(13-14-24-26)23(27)25-21-12-10-19(15-18(21)4)9-11-20-8-6-5-7-17(20)3/h5-16H,1-4H3,(H,25,27)/b11-9+. The zero-order valence-corrected chi connectivity index (χ0v) is 16.2. The van der Waals surface area contributed by atoms with E-state index in [1.54, 1.807) is 16.9 Å². The van der Waals surface area contributed by atoms with Gasteiger partial charge in [0.2, 0.25) is 0 Å². The number of anilines is 1. The molecule has 0 aliphatic rings. The van der Waals surface area contributed by atoms with Gasteiger partial charge in [0.25, 0.3) is 5.91 Å². The van der Waals surface area contributed by atoms with Crippen LogP contribution in [0.2, 0.25) is 0 Å². The van der Waals surface area contributed by atoms with Gasteiger partial charge in [-0.3, -0.25) is 9.48 Å². The maximum Gasteiger partial charge on any atom is 0.273 e. The van der Waals surface area contributed by atoms with Gasteiger partial charge in [-0.2, -0.15) is 5.10 Å². The molecule has 4 nitrogen and oxygen atoms in total. The molecule has 0 spiro atoms. The van der Waals surface area contributed by atoms with E-state index >= 15 is 0 Å². The van der Waals surface area contributed by atoms with E-state index in [1.807, 2.05) is 45.0 Å². The molecular formula is C23H25N3O. The first-order valence-electron chi connectivity index (χ1n) is 9.15. The molecule has 0 fully saturated rings. The second-order valence-corrected chi connectivity index (χ2v) is 6.97. The number of aryl methyl sites for hydroxylation is 2. The quantitative estimate of drug-likeness (QED) is 0.611. The van der Waals surface area contributed by atoms with Crippen LogP contribution in [-0.2, 0) is 0 Å². The SMILES string of the molecule is Cc1ccccc1/C=C/c1ccc(NC(=O)c2ccnn2C(C)C)c(C)c1. The van der Waals surface area contributed by atoms with E-state index in [0.29, 0.717) is 5.69 Å². The molecule has 0 aliphatic heterocycles. The van der Waals surface area contributed by atoms with Crippen LogP contribution in [0.3, 0.4) is 0 Å². The van der Waals surface area contributed by atoms with E-state index in [-0.39, 0.29) is 11.9 Å².